The average molecular weight is 685 g/mol. The number of hydrazine groups is 1. The van der Waals surface area contributed by atoms with Gasteiger partial charge in [-0.15, -0.1) is 0 Å². The third-order valence-electron chi connectivity index (χ3n) is 6.96. The lowest BCUT2D eigenvalue weighted by Crippen LogP contribution is -2.53. The third-order valence-corrected chi connectivity index (χ3v) is 7.49. The minimum atomic E-state index is -1.54. The quantitative estimate of drug-likeness (QED) is 0.115. The number of carbonyl (C=O) groups is 2. The number of halogens is 2. The number of amides is 1. The zero-order chi connectivity index (χ0) is 32.5. The van der Waals surface area contributed by atoms with Gasteiger partial charge in [0.1, 0.15) is 17.2 Å². The van der Waals surface area contributed by atoms with Crippen LogP contribution in [0.4, 0.5) is 4.39 Å². The van der Waals surface area contributed by atoms with E-state index in [1.165, 1.54) is 12.1 Å². The molecule has 3 aromatic rings. The number of aliphatic imine (C=N–C) groups is 1. The van der Waals surface area contributed by atoms with E-state index in [0.29, 0.717) is 42.9 Å². The van der Waals surface area contributed by atoms with Crippen molar-refractivity contribution < 1.29 is 33.3 Å². The van der Waals surface area contributed by atoms with Crippen molar-refractivity contribution in [2.45, 2.75) is 63.7 Å². The first-order chi connectivity index (χ1) is 21.5. The fourth-order valence-electron chi connectivity index (χ4n) is 4.84. The molecule has 1 heterocycles. The summed E-state index contributed by atoms with van der Waals surface area (Å²) in [6.45, 7) is 6.09. The van der Waals surface area contributed by atoms with Gasteiger partial charge in [0.2, 0.25) is 5.90 Å². The van der Waals surface area contributed by atoms with Gasteiger partial charge in [-0.3, -0.25) is 15.0 Å². The van der Waals surface area contributed by atoms with Gasteiger partial charge in [-0.2, -0.15) is 0 Å². The van der Waals surface area contributed by atoms with Crippen LogP contribution in [0.1, 0.15) is 62.8 Å². The number of ether oxygens (including phenoxy) is 3. The third kappa shape index (κ3) is 9.59. The number of carbonyl (C=O) groups excluding carboxylic acids is 2. The monoisotopic (exact) mass is 683 g/mol. The zero-order valence-corrected chi connectivity index (χ0v) is 27.2. The lowest BCUT2D eigenvalue weighted by atomic mass is 9.83. The summed E-state index contributed by atoms with van der Waals surface area (Å²) >= 11 is 3.46. The Morgan fingerprint density at radius 1 is 1.09 bits per heavy atom. The molecule has 0 unspecified atom stereocenters. The van der Waals surface area contributed by atoms with Crippen LogP contribution in [-0.2, 0) is 25.5 Å². The normalized spacial score (nSPS) is 17.7. The van der Waals surface area contributed by atoms with Gasteiger partial charge in [-0.25, -0.2) is 14.8 Å². The smallest absolute Gasteiger partial charge is 0.306 e. The van der Waals surface area contributed by atoms with Crippen molar-refractivity contribution in [3.63, 3.8) is 0 Å². The second-order valence-electron chi connectivity index (χ2n) is 11.7. The topological polar surface area (TPSA) is 118 Å². The van der Waals surface area contributed by atoms with Gasteiger partial charge in [0.05, 0.1) is 6.61 Å². The molecule has 1 amide bonds. The zero-order valence-electron chi connectivity index (χ0n) is 25.6. The molecule has 0 aromatic heterocycles. The van der Waals surface area contributed by atoms with Gasteiger partial charge in [0.15, 0.2) is 11.6 Å². The molecule has 0 fully saturated rings. The maximum Gasteiger partial charge on any atom is 0.306 e. The molecule has 0 saturated heterocycles. The van der Waals surface area contributed by atoms with Gasteiger partial charge < -0.3 is 19.3 Å². The Bertz CT molecular complexity index is 1480. The average Bonchev–Trinajstić information content (AvgIpc) is 3.39. The van der Waals surface area contributed by atoms with Crippen molar-refractivity contribution in [1.82, 2.24) is 10.9 Å². The molecule has 1 aliphatic heterocycles. The summed E-state index contributed by atoms with van der Waals surface area (Å²) in [5.74, 6) is -0.422. The number of aliphatic hydroxyl groups excluding tert-OH is 1. The first-order valence-electron chi connectivity index (χ1n) is 14.8. The van der Waals surface area contributed by atoms with Crippen LogP contribution in [0.3, 0.4) is 0 Å². The van der Waals surface area contributed by atoms with Crippen molar-refractivity contribution in [3.8, 4) is 5.75 Å². The molecule has 9 nitrogen and oxygen atoms in total. The SMILES string of the molecule is CC(C)(C)OC(=O)CC[C@]1(C(=O)NNCCc2cccc(F)c2)N=C(c2ccc(OCCCO)cc2)O[C@H]1c1ccc(Br)cc1. The second kappa shape index (κ2) is 15.5. The highest BCUT2D eigenvalue weighted by molar-refractivity contribution is 9.10. The molecular weight excluding hydrogens is 645 g/mol. The van der Waals surface area contributed by atoms with Crippen molar-refractivity contribution in [2.75, 3.05) is 19.8 Å². The van der Waals surface area contributed by atoms with Gasteiger partial charge in [-0.05, 0) is 93.3 Å². The van der Waals surface area contributed by atoms with Crippen molar-refractivity contribution in [2.24, 2.45) is 4.99 Å². The van der Waals surface area contributed by atoms with Crippen LogP contribution in [0.5, 0.6) is 5.75 Å². The number of rotatable bonds is 14. The van der Waals surface area contributed by atoms with Crippen molar-refractivity contribution in [1.29, 1.82) is 0 Å². The van der Waals surface area contributed by atoms with E-state index in [1.54, 1.807) is 51.1 Å². The Labute approximate surface area is 271 Å². The molecular formula is C34H39BrFN3O6. The van der Waals surface area contributed by atoms with E-state index in [4.69, 9.17) is 24.3 Å². The van der Waals surface area contributed by atoms with Gasteiger partial charge in [0, 0.05) is 36.0 Å². The molecule has 3 aromatic carbocycles. The van der Waals surface area contributed by atoms with Crippen LogP contribution in [0.15, 0.2) is 82.3 Å². The predicted molar refractivity (Wildman–Crippen MR) is 172 cm³/mol. The van der Waals surface area contributed by atoms with Crippen molar-refractivity contribution in [3.05, 3.63) is 99.8 Å². The van der Waals surface area contributed by atoms with E-state index in [-0.39, 0.29) is 31.2 Å². The number of aliphatic hydroxyl groups is 1. The molecule has 11 heteroatoms. The first kappa shape index (κ1) is 34.1. The highest BCUT2D eigenvalue weighted by Crippen LogP contribution is 2.43. The lowest BCUT2D eigenvalue weighted by Gasteiger charge is -2.31. The largest absolute Gasteiger partial charge is 0.494 e. The van der Waals surface area contributed by atoms with Crippen LogP contribution >= 0.6 is 15.9 Å². The Morgan fingerprint density at radius 3 is 2.49 bits per heavy atom. The molecule has 1 aliphatic rings. The number of esters is 1. The minimum absolute atomic E-state index is 0.00586. The fourth-order valence-corrected chi connectivity index (χ4v) is 5.11. The van der Waals surface area contributed by atoms with Crippen LogP contribution < -0.4 is 15.6 Å². The van der Waals surface area contributed by atoms with E-state index in [0.717, 1.165) is 10.0 Å². The highest BCUT2D eigenvalue weighted by atomic mass is 79.9. The van der Waals surface area contributed by atoms with Crippen LogP contribution in [0.25, 0.3) is 0 Å². The molecule has 3 N–H and O–H groups in total. The number of hydrogen-bond donors (Lipinski definition) is 3. The summed E-state index contributed by atoms with van der Waals surface area (Å²) in [4.78, 5) is 31.9. The summed E-state index contributed by atoms with van der Waals surface area (Å²) in [5.41, 5.74) is 5.57. The van der Waals surface area contributed by atoms with Crippen LogP contribution in [-0.4, -0.2) is 53.8 Å². The minimum Gasteiger partial charge on any atom is -0.494 e. The Balaban J connectivity index is 1.64. The molecule has 4 rings (SSSR count). The van der Waals surface area contributed by atoms with Crippen molar-refractivity contribution >= 4 is 33.7 Å². The summed E-state index contributed by atoms with van der Waals surface area (Å²) in [7, 11) is 0. The molecule has 0 spiro atoms. The molecule has 0 aliphatic carbocycles. The van der Waals surface area contributed by atoms with E-state index < -0.39 is 29.1 Å². The maximum atomic E-state index is 14.1. The molecule has 0 radical (unpaired) electrons. The molecule has 2 atom stereocenters. The molecule has 0 saturated carbocycles. The summed E-state index contributed by atoms with van der Waals surface area (Å²) in [6, 6.07) is 20.8. The Kier molecular flexibility index (Phi) is 11.7. The summed E-state index contributed by atoms with van der Waals surface area (Å²) in [5, 5.41) is 9.03. The number of hydrogen-bond acceptors (Lipinski definition) is 8. The van der Waals surface area contributed by atoms with Gasteiger partial charge >= 0.3 is 5.97 Å². The molecule has 240 valence electrons. The van der Waals surface area contributed by atoms with E-state index in [2.05, 4.69) is 26.8 Å². The van der Waals surface area contributed by atoms with E-state index >= 15 is 0 Å². The van der Waals surface area contributed by atoms with E-state index in [1.807, 2.05) is 30.3 Å². The number of nitrogens with one attached hydrogen (secondary N) is 2. The predicted octanol–water partition coefficient (Wildman–Crippen LogP) is 5.59. The number of benzene rings is 3. The summed E-state index contributed by atoms with van der Waals surface area (Å²) < 4.78 is 32.1. The van der Waals surface area contributed by atoms with Gasteiger partial charge in [0.25, 0.3) is 5.91 Å². The first-order valence-corrected chi connectivity index (χ1v) is 15.6. The number of nitrogens with zero attached hydrogens (tertiary/aromatic N) is 1. The lowest BCUT2D eigenvalue weighted by molar-refractivity contribution is -0.155. The molecule has 0 bridgehead atoms. The van der Waals surface area contributed by atoms with Crippen LogP contribution in [0.2, 0.25) is 0 Å². The summed E-state index contributed by atoms with van der Waals surface area (Å²) in [6.07, 6.45) is 0.0352. The maximum absolute atomic E-state index is 14.1. The Morgan fingerprint density at radius 2 is 1.82 bits per heavy atom. The standard InChI is InChI=1S/C34H39BrFN3O6/c1-33(2,3)45-29(41)16-18-34(32(42)39-37-19-17-23-6-4-7-27(36)22-23)30(24-8-12-26(35)13-9-24)44-31(38-34)25-10-14-28(15-11-25)43-21-5-20-40/h4,6-15,22,30,37,40H,5,16-21H2,1-3H3,(H,39,42)/t30-,34-/m0/s1. The van der Waals surface area contributed by atoms with Gasteiger partial charge in [-0.1, -0.05) is 40.2 Å². The molecule has 45 heavy (non-hydrogen) atoms. The fraction of sp³-hybridized carbons (Fsp3) is 0.382. The second-order valence-corrected chi connectivity index (χ2v) is 12.6. The van der Waals surface area contributed by atoms with E-state index in [9.17, 15) is 14.0 Å². The van der Waals surface area contributed by atoms with Crippen LogP contribution in [0, 0.1) is 5.82 Å². The Hall–Kier alpha value is -3.80. The highest BCUT2D eigenvalue weighted by Gasteiger charge is 2.53.